The van der Waals surface area contributed by atoms with Crippen molar-refractivity contribution in [2.75, 3.05) is 12.3 Å². The van der Waals surface area contributed by atoms with Crippen molar-refractivity contribution in [2.24, 2.45) is 5.92 Å². The van der Waals surface area contributed by atoms with Crippen molar-refractivity contribution in [3.8, 4) is 0 Å². The number of hydrogen-bond acceptors (Lipinski definition) is 2. The third-order valence-corrected chi connectivity index (χ3v) is 4.61. The summed E-state index contributed by atoms with van der Waals surface area (Å²) in [6, 6.07) is 0. The average Bonchev–Trinajstić information content (AvgIpc) is 2.23. The largest absolute Gasteiger partial charge is 0.311 e. The molecule has 0 fully saturated rings. The predicted molar refractivity (Wildman–Crippen MR) is 73.7 cm³/mol. The van der Waals surface area contributed by atoms with E-state index in [4.69, 9.17) is 0 Å². The maximum atomic E-state index is 3.63. The Hall–Kier alpha value is 0.310. The molecule has 0 heterocycles. The molecule has 1 nitrogen and oxygen atoms in total. The molecule has 0 saturated heterocycles. The van der Waals surface area contributed by atoms with Gasteiger partial charge in [-0.3, -0.25) is 0 Å². The van der Waals surface area contributed by atoms with E-state index in [2.05, 4.69) is 58.6 Å². The third-order valence-electron chi connectivity index (χ3n) is 3.11. The van der Waals surface area contributed by atoms with E-state index >= 15 is 0 Å². The summed E-state index contributed by atoms with van der Waals surface area (Å²) in [6.45, 7) is 14.9. The molecule has 0 radical (unpaired) electrons. The summed E-state index contributed by atoms with van der Waals surface area (Å²) in [6.07, 6.45) is 2.49. The highest BCUT2D eigenvalue weighted by atomic mass is 32.2. The van der Waals surface area contributed by atoms with Crippen molar-refractivity contribution in [3.63, 3.8) is 0 Å². The van der Waals surface area contributed by atoms with Gasteiger partial charge in [-0.15, -0.1) is 0 Å². The Morgan fingerprint density at radius 1 is 1.20 bits per heavy atom. The van der Waals surface area contributed by atoms with Crippen LogP contribution in [0.5, 0.6) is 0 Å². The van der Waals surface area contributed by atoms with Crippen LogP contribution in [-0.2, 0) is 0 Å². The molecule has 1 N–H and O–H groups in total. The number of thioether (sulfide) groups is 1. The molecule has 0 aliphatic heterocycles. The van der Waals surface area contributed by atoms with Gasteiger partial charge in [-0.2, -0.15) is 11.8 Å². The van der Waals surface area contributed by atoms with Gasteiger partial charge in [-0.1, -0.05) is 34.1 Å². The topological polar surface area (TPSA) is 12.0 Å². The van der Waals surface area contributed by atoms with E-state index in [0.29, 0.717) is 5.54 Å². The van der Waals surface area contributed by atoms with Crippen molar-refractivity contribution < 1.29 is 0 Å². The Balaban J connectivity index is 3.61. The highest BCUT2D eigenvalue weighted by Gasteiger charge is 2.15. The minimum atomic E-state index is 0.297. The maximum Gasteiger partial charge on any atom is 0.0144 e. The summed E-state index contributed by atoms with van der Waals surface area (Å²) in [5.41, 5.74) is 0.297. The molecule has 0 aromatic heterocycles. The van der Waals surface area contributed by atoms with Gasteiger partial charge in [-0.25, -0.2) is 0 Å². The van der Waals surface area contributed by atoms with Gasteiger partial charge in [-0.05, 0) is 31.9 Å². The molecule has 0 aromatic carbocycles. The van der Waals surface area contributed by atoms with Gasteiger partial charge in [0, 0.05) is 17.3 Å². The highest BCUT2D eigenvalue weighted by Crippen LogP contribution is 2.17. The summed E-state index contributed by atoms with van der Waals surface area (Å²) in [5, 5.41) is 4.36. The fourth-order valence-corrected chi connectivity index (χ4v) is 2.14. The second kappa shape index (κ2) is 7.56. The summed E-state index contributed by atoms with van der Waals surface area (Å²) in [4.78, 5) is 0. The quantitative estimate of drug-likeness (QED) is 0.679. The van der Waals surface area contributed by atoms with Crippen LogP contribution in [-0.4, -0.2) is 23.1 Å². The lowest BCUT2D eigenvalue weighted by molar-refractivity contribution is 0.379. The molecule has 0 saturated carbocycles. The second-order valence-corrected chi connectivity index (χ2v) is 6.75. The number of nitrogens with one attached hydrogen (secondary N) is 1. The number of rotatable bonds is 8. The van der Waals surface area contributed by atoms with Crippen LogP contribution in [0.3, 0.4) is 0 Å². The van der Waals surface area contributed by atoms with Gasteiger partial charge in [0.05, 0.1) is 0 Å². The van der Waals surface area contributed by atoms with E-state index in [1.165, 1.54) is 18.6 Å². The Bertz CT molecular complexity index is 157. The lowest BCUT2D eigenvalue weighted by Gasteiger charge is -2.26. The predicted octanol–water partition coefficient (Wildman–Crippen LogP) is 3.93. The molecule has 15 heavy (non-hydrogen) atoms. The van der Waals surface area contributed by atoms with Crippen LogP contribution in [0, 0.1) is 5.92 Å². The van der Waals surface area contributed by atoms with Crippen LogP contribution in [0.2, 0.25) is 0 Å². The molecule has 0 amide bonds. The zero-order valence-electron chi connectivity index (χ0n) is 11.4. The molecular weight excluding hydrogens is 202 g/mol. The van der Waals surface area contributed by atoms with E-state index in [-0.39, 0.29) is 0 Å². The van der Waals surface area contributed by atoms with Crippen LogP contribution in [0.1, 0.15) is 54.4 Å². The first-order chi connectivity index (χ1) is 6.91. The molecule has 0 rings (SSSR count). The molecule has 0 aliphatic rings. The molecule has 2 unspecified atom stereocenters. The van der Waals surface area contributed by atoms with Crippen LogP contribution in [0.25, 0.3) is 0 Å². The zero-order valence-corrected chi connectivity index (χ0v) is 12.2. The van der Waals surface area contributed by atoms with E-state index in [9.17, 15) is 0 Å². The van der Waals surface area contributed by atoms with Crippen molar-refractivity contribution in [2.45, 2.75) is 65.2 Å². The fraction of sp³-hybridized carbons (Fsp3) is 1.00. The minimum absolute atomic E-state index is 0.297. The van der Waals surface area contributed by atoms with E-state index in [0.717, 1.165) is 17.7 Å². The Morgan fingerprint density at radius 2 is 1.80 bits per heavy atom. The molecule has 2 atom stereocenters. The Kier molecular flexibility index (Phi) is 7.72. The summed E-state index contributed by atoms with van der Waals surface area (Å²) in [7, 11) is 0. The third kappa shape index (κ3) is 8.15. The molecule has 0 aliphatic carbocycles. The summed E-state index contributed by atoms with van der Waals surface area (Å²) in [5.74, 6) is 2.16. The van der Waals surface area contributed by atoms with Crippen molar-refractivity contribution >= 4 is 11.8 Å². The van der Waals surface area contributed by atoms with E-state index in [1.54, 1.807) is 0 Å². The van der Waals surface area contributed by atoms with E-state index in [1.807, 2.05) is 0 Å². The molecule has 0 spiro atoms. The Morgan fingerprint density at radius 3 is 2.27 bits per heavy atom. The first kappa shape index (κ1) is 15.3. The van der Waals surface area contributed by atoms with Gasteiger partial charge < -0.3 is 5.32 Å². The molecule has 0 bridgehead atoms. The summed E-state index contributed by atoms with van der Waals surface area (Å²) < 4.78 is 0. The highest BCUT2D eigenvalue weighted by molar-refractivity contribution is 7.99. The number of hydrogen-bond donors (Lipinski definition) is 1. The zero-order chi connectivity index (χ0) is 11.9. The first-order valence-electron chi connectivity index (χ1n) is 6.28. The second-order valence-electron chi connectivity index (χ2n) is 5.28. The van der Waals surface area contributed by atoms with Gasteiger partial charge in [0.1, 0.15) is 0 Å². The maximum absolute atomic E-state index is 3.63. The normalized spacial score (nSPS) is 16.4. The lowest BCUT2D eigenvalue weighted by atomic mass is 10.0. The van der Waals surface area contributed by atoms with Crippen LogP contribution in [0.4, 0.5) is 0 Å². The fourth-order valence-electron chi connectivity index (χ4n) is 1.05. The molecule has 92 valence electrons. The van der Waals surface area contributed by atoms with Gasteiger partial charge in [0.25, 0.3) is 0 Å². The standard InChI is InChI=1S/C13H29NS/c1-7-11(3)10-15-12(4)9-14-13(5,6)8-2/h11-12,14H,7-10H2,1-6H3. The Labute approximate surface area is 101 Å². The van der Waals surface area contributed by atoms with Crippen LogP contribution < -0.4 is 5.32 Å². The van der Waals surface area contributed by atoms with Crippen molar-refractivity contribution in [1.82, 2.24) is 5.32 Å². The van der Waals surface area contributed by atoms with Gasteiger partial charge in [0.2, 0.25) is 0 Å². The van der Waals surface area contributed by atoms with Gasteiger partial charge in [0.15, 0.2) is 0 Å². The van der Waals surface area contributed by atoms with Crippen molar-refractivity contribution in [1.29, 1.82) is 0 Å². The summed E-state index contributed by atoms with van der Waals surface area (Å²) >= 11 is 2.10. The smallest absolute Gasteiger partial charge is 0.0144 e. The minimum Gasteiger partial charge on any atom is -0.311 e. The van der Waals surface area contributed by atoms with Crippen LogP contribution >= 0.6 is 11.8 Å². The SMILES string of the molecule is CCC(C)CSC(C)CNC(C)(C)CC. The monoisotopic (exact) mass is 231 g/mol. The molecule has 0 aromatic rings. The van der Waals surface area contributed by atoms with Crippen molar-refractivity contribution in [3.05, 3.63) is 0 Å². The molecule has 2 heteroatoms. The van der Waals surface area contributed by atoms with E-state index < -0.39 is 0 Å². The average molecular weight is 231 g/mol. The van der Waals surface area contributed by atoms with Gasteiger partial charge >= 0.3 is 0 Å². The lowest BCUT2D eigenvalue weighted by Crippen LogP contribution is -2.41. The molecular formula is C13H29NS. The first-order valence-corrected chi connectivity index (χ1v) is 7.32. The van der Waals surface area contributed by atoms with Crippen LogP contribution in [0.15, 0.2) is 0 Å².